The highest BCUT2D eigenvalue weighted by molar-refractivity contribution is 7.91. The molecule has 0 radical (unpaired) electrons. The molecular weight excluding hydrogens is 244 g/mol. The lowest BCUT2D eigenvalue weighted by atomic mass is 10.0. The molecule has 0 saturated carbocycles. The summed E-state index contributed by atoms with van der Waals surface area (Å²) in [4.78, 5) is 11.3. The van der Waals surface area contributed by atoms with Crippen LogP contribution in [0.3, 0.4) is 0 Å². The van der Waals surface area contributed by atoms with Crippen LogP contribution in [0.15, 0.2) is 0 Å². The molecule has 0 spiro atoms. The lowest BCUT2D eigenvalue weighted by molar-refractivity contribution is 0.187. The third kappa shape index (κ3) is 5.88. The average molecular weight is 264 g/mol. The summed E-state index contributed by atoms with van der Waals surface area (Å²) >= 11 is 0. The van der Waals surface area contributed by atoms with E-state index in [1.807, 2.05) is 0 Å². The molecule has 17 heavy (non-hydrogen) atoms. The molecule has 1 unspecified atom stereocenters. The summed E-state index contributed by atoms with van der Waals surface area (Å²) in [6.45, 7) is 2.29. The van der Waals surface area contributed by atoms with Crippen LogP contribution in [0, 0.1) is 5.92 Å². The Morgan fingerprint density at radius 3 is 2.47 bits per heavy atom. The minimum atomic E-state index is -2.84. The van der Waals surface area contributed by atoms with Crippen molar-refractivity contribution in [3.05, 3.63) is 0 Å². The van der Waals surface area contributed by atoms with Crippen LogP contribution in [0.4, 0.5) is 4.79 Å². The summed E-state index contributed by atoms with van der Waals surface area (Å²) in [6, 6.07) is -0.320. The van der Waals surface area contributed by atoms with Gasteiger partial charge in [-0.2, -0.15) is 0 Å². The maximum Gasteiger partial charge on any atom is 0.314 e. The molecule has 0 aromatic heterocycles. The van der Waals surface area contributed by atoms with E-state index in [9.17, 15) is 13.2 Å². The highest BCUT2D eigenvalue weighted by atomic mass is 32.2. The molecule has 7 heteroatoms. The second-order valence-corrected chi connectivity index (χ2v) is 6.84. The van der Waals surface area contributed by atoms with Gasteiger partial charge in [0.1, 0.15) is 9.84 Å². The van der Waals surface area contributed by atoms with Crippen molar-refractivity contribution >= 4 is 15.9 Å². The molecule has 0 aromatic rings. The number of hydrogen-bond donors (Lipinski definition) is 3. The van der Waals surface area contributed by atoms with Crippen molar-refractivity contribution in [3.8, 4) is 0 Å². The lowest BCUT2D eigenvalue weighted by Gasteiger charge is -2.22. The van der Waals surface area contributed by atoms with Crippen LogP contribution in [0.25, 0.3) is 0 Å². The zero-order valence-electron chi connectivity index (χ0n) is 9.98. The fourth-order valence-corrected chi connectivity index (χ4v) is 3.27. The van der Waals surface area contributed by atoms with Gasteiger partial charge in [-0.1, -0.05) is 0 Å². The van der Waals surface area contributed by atoms with Crippen molar-refractivity contribution in [2.45, 2.75) is 25.9 Å². The van der Waals surface area contributed by atoms with Crippen molar-refractivity contribution in [2.24, 2.45) is 5.92 Å². The maximum absolute atomic E-state index is 11.3. The lowest BCUT2D eigenvalue weighted by Crippen LogP contribution is -2.42. The summed E-state index contributed by atoms with van der Waals surface area (Å²) in [7, 11) is -2.84. The smallest absolute Gasteiger partial charge is 0.314 e. The first-order valence-electron chi connectivity index (χ1n) is 5.79. The van der Waals surface area contributed by atoms with Crippen LogP contribution in [-0.4, -0.2) is 50.3 Å². The fraction of sp³-hybridized carbons (Fsp3) is 0.900. The van der Waals surface area contributed by atoms with E-state index in [-0.39, 0.29) is 30.0 Å². The van der Waals surface area contributed by atoms with Gasteiger partial charge in [-0.15, -0.1) is 0 Å². The van der Waals surface area contributed by atoms with Gasteiger partial charge < -0.3 is 15.7 Å². The first kappa shape index (κ1) is 14.2. The third-order valence-corrected chi connectivity index (χ3v) is 4.50. The number of nitrogens with one attached hydrogen (secondary N) is 2. The van der Waals surface area contributed by atoms with E-state index < -0.39 is 15.9 Å². The van der Waals surface area contributed by atoms with Crippen LogP contribution in [0.1, 0.15) is 19.8 Å². The predicted octanol–water partition coefficient (Wildman–Crippen LogP) is -0.509. The number of aliphatic hydroxyl groups excluding tert-OH is 1. The van der Waals surface area contributed by atoms with Crippen LogP contribution in [0.5, 0.6) is 0 Å². The Kier molecular flexibility index (Phi) is 5.20. The normalized spacial score (nSPS) is 21.8. The molecule has 0 aromatic carbocycles. The number of amides is 2. The van der Waals surface area contributed by atoms with E-state index in [4.69, 9.17) is 5.11 Å². The molecule has 1 atom stereocenters. The van der Waals surface area contributed by atoms with Gasteiger partial charge in [0.25, 0.3) is 0 Å². The van der Waals surface area contributed by atoms with E-state index in [1.165, 1.54) is 0 Å². The monoisotopic (exact) mass is 264 g/mol. The number of aliphatic hydroxyl groups is 1. The summed E-state index contributed by atoms with van der Waals surface area (Å²) in [6.07, 6.45) is 0.651. The van der Waals surface area contributed by atoms with Gasteiger partial charge in [-0.05, 0) is 25.7 Å². The van der Waals surface area contributed by atoms with Gasteiger partial charge in [0.2, 0.25) is 0 Å². The highest BCUT2D eigenvalue weighted by Gasteiger charge is 2.23. The van der Waals surface area contributed by atoms with Gasteiger partial charge >= 0.3 is 6.03 Å². The molecule has 1 rings (SSSR count). The standard InChI is InChI=1S/C10H20N2O4S/c1-8(13)6-11-10(14)12-7-9-2-4-17(15,16)5-3-9/h8-9,13H,2-7H2,1H3,(H2,11,12,14). The van der Waals surface area contributed by atoms with Gasteiger partial charge in [-0.25, -0.2) is 13.2 Å². The molecule has 100 valence electrons. The largest absolute Gasteiger partial charge is 0.392 e. The zero-order chi connectivity index (χ0) is 12.9. The molecule has 1 aliphatic rings. The van der Waals surface area contributed by atoms with Gasteiger partial charge in [0, 0.05) is 13.1 Å². The molecule has 3 N–H and O–H groups in total. The Labute approximate surface area is 102 Å². The molecule has 1 fully saturated rings. The molecule has 1 saturated heterocycles. The average Bonchev–Trinajstić information content (AvgIpc) is 2.25. The minimum Gasteiger partial charge on any atom is -0.392 e. The fourth-order valence-electron chi connectivity index (χ4n) is 1.68. The van der Waals surface area contributed by atoms with E-state index in [1.54, 1.807) is 6.92 Å². The SMILES string of the molecule is CC(O)CNC(=O)NCC1CCS(=O)(=O)CC1. The number of urea groups is 1. The summed E-state index contributed by atoms with van der Waals surface area (Å²) < 4.78 is 22.4. The van der Waals surface area contributed by atoms with Crippen molar-refractivity contribution in [1.29, 1.82) is 0 Å². The molecule has 0 bridgehead atoms. The Balaban J connectivity index is 2.17. The number of rotatable bonds is 4. The zero-order valence-corrected chi connectivity index (χ0v) is 10.8. The molecule has 0 aliphatic carbocycles. The first-order chi connectivity index (χ1) is 7.89. The Bertz CT molecular complexity index is 339. The molecule has 2 amide bonds. The van der Waals surface area contributed by atoms with Gasteiger partial charge in [0.15, 0.2) is 0 Å². The maximum atomic E-state index is 11.3. The molecule has 1 heterocycles. The van der Waals surface area contributed by atoms with Crippen molar-refractivity contribution < 1.29 is 18.3 Å². The highest BCUT2D eigenvalue weighted by Crippen LogP contribution is 2.17. The number of sulfone groups is 1. The van der Waals surface area contributed by atoms with Gasteiger partial charge in [-0.3, -0.25) is 0 Å². The molecule has 6 nitrogen and oxygen atoms in total. The van der Waals surface area contributed by atoms with Crippen LogP contribution < -0.4 is 10.6 Å². The van der Waals surface area contributed by atoms with Crippen LogP contribution in [0.2, 0.25) is 0 Å². The van der Waals surface area contributed by atoms with E-state index in [2.05, 4.69) is 10.6 Å². The summed E-state index contributed by atoms with van der Waals surface area (Å²) in [5, 5.41) is 14.2. The number of carbonyl (C=O) groups is 1. The topological polar surface area (TPSA) is 95.5 Å². The van der Waals surface area contributed by atoms with E-state index in [0.717, 1.165) is 0 Å². The van der Waals surface area contributed by atoms with E-state index >= 15 is 0 Å². The molecule has 1 aliphatic heterocycles. The summed E-state index contributed by atoms with van der Waals surface area (Å²) in [5.74, 6) is 0.666. The first-order valence-corrected chi connectivity index (χ1v) is 7.61. The van der Waals surface area contributed by atoms with E-state index in [0.29, 0.717) is 19.4 Å². The predicted molar refractivity (Wildman–Crippen MR) is 64.5 cm³/mol. The Morgan fingerprint density at radius 1 is 1.35 bits per heavy atom. The Hall–Kier alpha value is -0.820. The Morgan fingerprint density at radius 2 is 1.94 bits per heavy atom. The molecular formula is C10H20N2O4S. The number of hydrogen-bond acceptors (Lipinski definition) is 4. The van der Waals surface area contributed by atoms with Crippen molar-refractivity contribution in [1.82, 2.24) is 10.6 Å². The quantitative estimate of drug-likeness (QED) is 0.637. The van der Waals surface area contributed by atoms with Gasteiger partial charge in [0.05, 0.1) is 17.6 Å². The van der Waals surface area contributed by atoms with Crippen molar-refractivity contribution in [2.75, 3.05) is 24.6 Å². The number of carbonyl (C=O) groups excluding carboxylic acids is 1. The van der Waals surface area contributed by atoms with Crippen LogP contribution in [-0.2, 0) is 9.84 Å². The second-order valence-electron chi connectivity index (χ2n) is 4.54. The third-order valence-electron chi connectivity index (χ3n) is 2.78. The second kappa shape index (κ2) is 6.20. The van der Waals surface area contributed by atoms with Crippen molar-refractivity contribution in [3.63, 3.8) is 0 Å². The minimum absolute atomic E-state index is 0.213. The summed E-state index contributed by atoms with van der Waals surface area (Å²) in [5.41, 5.74) is 0. The van der Waals surface area contributed by atoms with Crippen LogP contribution >= 0.6 is 0 Å².